The number of rotatable bonds is 4. The Hall–Kier alpha value is -2.12. The summed E-state index contributed by atoms with van der Waals surface area (Å²) in [6.45, 7) is 6.12. The Balaban J connectivity index is 1.82. The minimum Gasteiger partial charge on any atom is -0.318 e. The molecule has 0 aliphatic carbocycles. The van der Waals surface area contributed by atoms with E-state index in [0.29, 0.717) is 10.6 Å². The summed E-state index contributed by atoms with van der Waals surface area (Å²) in [5.41, 5.74) is 8.38. The number of hydrogen-bond donors (Lipinski definition) is 1. The highest BCUT2D eigenvalue weighted by Gasteiger charge is 2.12. The number of carbonyl (C=O) groups is 1. The number of halogens is 2. The van der Waals surface area contributed by atoms with Crippen LogP contribution in [0.3, 0.4) is 0 Å². The average Bonchev–Trinajstić information content (AvgIpc) is 2.91. The molecule has 0 fully saturated rings. The lowest BCUT2D eigenvalue weighted by molar-refractivity contribution is 0.0955. The van der Waals surface area contributed by atoms with Crippen LogP contribution < -0.4 is 5.43 Å². The number of aryl methyl sites for hydroxylation is 2. The molecule has 0 aliphatic rings. The zero-order chi connectivity index (χ0) is 19.6. The Bertz CT molecular complexity index is 1020. The monoisotopic (exact) mass is 491 g/mol. The third kappa shape index (κ3) is 4.42. The summed E-state index contributed by atoms with van der Waals surface area (Å²) in [7, 11) is 0. The van der Waals surface area contributed by atoms with Crippen molar-refractivity contribution in [1.29, 1.82) is 0 Å². The lowest BCUT2D eigenvalue weighted by Crippen LogP contribution is -2.17. The van der Waals surface area contributed by atoms with E-state index >= 15 is 0 Å². The van der Waals surface area contributed by atoms with Gasteiger partial charge in [0.05, 0.1) is 6.21 Å². The first-order valence-corrected chi connectivity index (χ1v) is 9.87. The Morgan fingerprint density at radius 1 is 1.11 bits per heavy atom. The highest BCUT2D eigenvalue weighted by atomic mass is 127. The quantitative estimate of drug-likeness (QED) is 0.295. The standard InChI is InChI=1S/C21H19ClIN3O/c1-13-4-7-18(22)11-20(13)26-14(2)10-17(15(26)3)12-24-25-21(27)16-5-8-19(23)9-6-16/h4-12H,1-3H3,(H,25,27)/b24-12-. The predicted octanol–water partition coefficient (Wildman–Crippen LogP) is 5.42. The summed E-state index contributed by atoms with van der Waals surface area (Å²) in [5.74, 6) is -0.234. The molecule has 3 rings (SSSR count). The molecule has 0 saturated carbocycles. The largest absolute Gasteiger partial charge is 0.318 e. The molecule has 0 aliphatic heterocycles. The number of aromatic nitrogens is 1. The Labute approximate surface area is 177 Å². The fourth-order valence-electron chi connectivity index (χ4n) is 2.94. The molecule has 3 aromatic rings. The highest BCUT2D eigenvalue weighted by molar-refractivity contribution is 14.1. The topological polar surface area (TPSA) is 46.4 Å². The van der Waals surface area contributed by atoms with Gasteiger partial charge in [-0.1, -0.05) is 17.7 Å². The lowest BCUT2D eigenvalue weighted by Gasteiger charge is -2.13. The Morgan fingerprint density at radius 2 is 1.81 bits per heavy atom. The van der Waals surface area contributed by atoms with E-state index in [0.717, 1.165) is 31.8 Å². The van der Waals surface area contributed by atoms with Crippen molar-refractivity contribution in [2.24, 2.45) is 5.10 Å². The molecule has 138 valence electrons. The molecule has 1 N–H and O–H groups in total. The number of benzene rings is 2. The molecular weight excluding hydrogens is 473 g/mol. The van der Waals surface area contributed by atoms with Gasteiger partial charge in [0, 0.05) is 36.8 Å². The van der Waals surface area contributed by atoms with Gasteiger partial charge in [-0.05, 0) is 91.4 Å². The summed E-state index contributed by atoms with van der Waals surface area (Å²) in [6, 6.07) is 15.2. The Kier molecular flexibility index (Phi) is 6.01. The highest BCUT2D eigenvalue weighted by Crippen LogP contribution is 2.25. The summed E-state index contributed by atoms with van der Waals surface area (Å²) in [5, 5.41) is 4.82. The molecule has 2 aromatic carbocycles. The Morgan fingerprint density at radius 3 is 2.52 bits per heavy atom. The molecule has 0 spiro atoms. The number of nitrogens with one attached hydrogen (secondary N) is 1. The molecule has 0 saturated heterocycles. The molecule has 1 heterocycles. The molecule has 27 heavy (non-hydrogen) atoms. The molecule has 4 nitrogen and oxygen atoms in total. The maximum atomic E-state index is 12.2. The van der Waals surface area contributed by atoms with Crippen LogP contribution in [0.5, 0.6) is 0 Å². The van der Waals surface area contributed by atoms with Crippen LogP contribution in [0, 0.1) is 24.3 Å². The van der Waals surface area contributed by atoms with Gasteiger partial charge in [0.1, 0.15) is 0 Å². The van der Waals surface area contributed by atoms with E-state index in [1.165, 1.54) is 0 Å². The van der Waals surface area contributed by atoms with Crippen LogP contribution in [-0.2, 0) is 0 Å². The number of nitrogens with zero attached hydrogens (tertiary/aromatic N) is 2. The summed E-state index contributed by atoms with van der Waals surface area (Å²) >= 11 is 8.38. The maximum Gasteiger partial charge on any atom is 0.271 e. The fraction of sp³-hybridized carbons (Fsp3) is 0.143. The van der Waals surface area contributed by atoms with Crippen molar-refractivity contribution in [3.05, 3.63) is 85.2 Å². The van der Waals surface area contributed by atoms with Gasteiger partial charge in [-0.2, -0.15) is 5.10 Å². The zero-order valence-electron chi connectivity index (χ0n) is 15.3. The number of hydrogen-bond acceptors (Lipinski definition) is 2. The van der Waals surface area contributed by atoms with Gasteiger partial charge < -0.3 is 4.57 Å². The molecular formula is C21H19ClIN3O. The SMILES string of the molecule is Cc1ccc(Cl)cc1-n1c(C)cc(/C=N\NC(=O)c2ccc(I)cc2)c1C. The first-order valence-electron chi connectivity index (χ1n) is 8.41. The van der Waals surface area contributed by atoms with E-state index < -0.39 is 0 Å². The summed E-state index contributed by atoms with van der Waals surface area (Å²) in [4.78, 5) is 12.2. The molecule has 0 bridgehead atoms. The lowest BCUT2D eigenvalue weighted by atomic mass is 10.2. The second-order valence-corrected chi connectivity index (χ2v) is 7.98. The van der Waals surface area contributed by atoms with Crippen molar-refractivity contribution in [2.75, 3.05) is 0 Å². The first-order chi connectivity index (χ1) is 12.9. The predicted molar refractivity (Wildman–Crippen MR) is 119 cm³/mol. The van der Waals surface area contributed by atoms with Crippen LogP contribution in [0.4, 0.5) is 0 Å². The van der Waals surface area contributed by atoms with Crippen molar-refractivity contribution in [2.45, 2.75) is 20.8 Å². The van der Waals surface area contributed by atoms with E-state index in [9.17, 15) is 4.79 Å². The normalized spacial score (nSPS) is 11.1. The second-order valence-electron chi connectivity index (χ2n) is 6.30. The van der Waals surface area contributed by atoms with E-state index in [-0.39, 0.29) is 5.91 Å². The third-order valence-electron chi connectivity index (χ3n) is 4.36. The number of hydrazone groups is 1. The molecule has 0 unspecified atom stereocenters. The van der Waals surface area contributed by atoms with E-state index in [4.69, 9.17) is 11.6 Å². The average molecular weight is 492 g/mol. The first kappa shape index (κ1) is 19.6. The van der Waals surface area contributed by atoms with Crippen LogP contribution >= 0.6 is 34.2 Å². The molecule has 1 aromatic heterocycles. The smallest absolute Gasteiger partial charge is 0.271 e. The van der Waals surface area contributed by atoms with Crippen LogP contribution in [0.25, 0.3) is 5.69 Å². The van der Waals surface area contributed by atoms with Gasteiger partial charge in [-0.3, -0.25) is 4.79 Å². The van der Waals surface area contributed by atoms with Gasteiger partial charge in [-0.15, -0.1) is 0 Å². The van der Waals surface area contributed by atoms with Crippen LogP contribution in [0.1, 0.15) is 32.9 Å². The van der Waals surface area contributed by atoms with Crippen molar-refractivity contribution < 1.29 is 4.79 Å². The van der Waals surface area contributed by atoms with E-state index in [2.05, 4.69) is 44.6 Å². The fourth-order valence-corrected chi connectivity index (χ4v) is 3.46. The van der Waals surface area contributed by atoms with Gasteiger partial charge in [-0.25, -0.2) is 5.43 Å². The molecule has 6 heteroatoms. The van der Waals surface area contributed by atoms with Crippen molar-refractivity contribution in [3.8, 4) is 5.69 Å². The summed E-state index contributed by atoms with van der Waals surface area (Å²) < 4.78 is 3.22. The molecule has 0 atom stereocenters. The second kappa shape index (κ2) is 8.27. The van der Waals surface area contributed by atoms with Gasteiger partial charge in [0.15, 0.2) is 0 Å². The third-order valence-corrected chi connectivity index (χ3v) is 5.31. The number of carbonyl (C=O) groups excluding carboxylic acids is 1. The van der Waals surface area contributed by atoms with E-state index in [1.54, 1.807) is 18.3 Å². The summed E-state index contributed by atoms with van der Waals surface area (Å²) in [6.07, 6.45) is 1.67. The zero-order valence-corrected chi connectivity index (χ0v) is 18.2. The van der Waals surface area contributed by atoms with Gasteiger partial charge in [0.25, 0.3) is 5.91 Å². The van der Waals surface area contributed by atoms with Gasteiger partial charge in [0.2, 0.25) is 0 Å². The van der Waals surface area contributed by atoms with Crippen molar-refractivity contribution in [1.82, 2.24) is 9.99 Å². The molecule has 0 radical (unpaired) electrons. The minimum absolute atomic E-state index is 0.234. The van der Waals surface area contributed by atoms with E-state index in [1.807, 2.05) is 50.2 Å². The van der Waals surface area contributed by atoms with Crippen LogP contribution in [0.15, 0.2) is 53.6 Å². The minimum atomic E-state index is -0.234. The number of amides is 1. The van der Waals surface area contributed by atoms with Crippen molar-refractivity contribution in [3.63, 3.8) is 0 Å². The molecule has 1 amide bonds. The maximum absolute atomic E-state index is 12.2. The van der Waals surface area contributed by atoms with Crippen LogP contribution in [-0.4, -0.2) is 16.7 Å². The van der Waals surface area contributed by atoms with Crippen molar-refractivity contribution >= 4 is 46.3 Å². The van der Waals surface area contributed by atoms with Gasteiger partial charge >= 0.3 is 0 Å². The van der Waals surface area contributed by atoms with Crippen LogP contribution in [0.2, 0.25) is 5.02 Å².